The molecule has 6 nitrogen and oxygen atoms in total. The second-order valence-corrected chi connectivity index (χ2v) is 6.99. The van der Waals surface area contributed by atoms with Crippen molar-refractivity contribution in [2.24, 2.45) is 4.99 Å². The highest BCUT2D eigenvalue weighted by Gasteiger charge is 2.21. The highest BCUT2D eigenvalue weighted by Crippen LogP contribution is 2.21. The van der Waals surface area contributed by atoms with E-state index in [1.165, 1.54) is 11.1 Å². The molecule has 1 saturated heterocycles. The average Bonchev–Trinajstić information content (AvgIpc) is 3.14. The summed E-state index contributed by atoms with van der Waals surface area (Å²) in [5.41, 5.74) is 4.61. The molecule has 2 N–H and O–H groups in total. The first-order valence-electron chi connectivity index (χ1n) is 9.98. The van der Waals surface area contributed by atoms with Crippen molar-refractivity contribution in [2.75, 3.05) is 24.5 Å². The molecule has 0 bridgehead atoms. The fourth-order valence-electron chi connectivity index (χ4n) is 3.31. The Hall–Kier alpha value is -2.16. The Morgan fingerprint density at radius 1 is 1.21 bits per heavy atom. The molecule has 1 aromatic carbocycles. The van der Waals surface area contributed by atoms with Crippen molar-refractivity contribution < 1.29 is 4.79 Å². The molecule has 1 aliphatic rings. The maximum absolute atomic E-state index is 11.9. The van der Waals surface area contributed by atoms with Crippen molar-refractivity contribution in [1.29, 1.82) is 0 Å². The summed E-state index contributed by atoms with van der Waals surface area (Å²) in [6.07, 6.45) is 6.26. The molecule has 7 heteroatoms. The van der Waals surface area contributed by atoms with E-state index in [-0.39, 0.29) is 29.9 Å². The summed E-state index contributed by atoms with van der Waals surface area (Å²) in [5.74, 6) is 1.03. The molecule has 2 heterocycles. The van der Waals surface area contributed by atoms with Crippen LogP contribution in [-0.4, -0.2) is 36.5 Å². The molecule has 1 aromatic heterocycles. The van der Waals surface area contributed by atoms with E-state index < -0.39 is 0 Å². The number of aryl methyl sites for hydroxylation is 1. The van der Waals surface area contributed by atoms with Crippen LogP contribution in [0.4, 0.5) is 5.69 Å². The number of hydrogen-bond donors (Lipinski definition) is 2. The van der Waals surface area contributed by atoms with E-state index in [4.69, 9.17) is 0 Å². The number of carbonyl (C=O) groups excluding carboxylic acids is 1. The van der Waals surface area contributed by atoms with E-state index in [1.807, 2.05) is 41.6 Å². The van der Waals surface area contributed by atoms with Gasteiger partial charge in [0.05, 0.1) is 6.54 Å². The molecule has 0 aliphatic carbocycles. The fourth-order valence-corrected chi connectivity index (χ4v) is 3.31. The quantitative estimate of drug-likeness (QED) is 0.343. The first-order chi connectivity index (χ1) is 13.7. The molecule has 0 unspecified atom stereocenters. The van der Waals surface area contributed by atoms with Crippen molar-refractivity contribution in [3.63, 3.8) is 0 Å². The number of guanidine groups is 1. The van der Waals surface area contributed by atoms with Gasteiger partial charge in [0.1, 0.15) is 0 Å². The van der Waals surface area contributed by atoms with Crippen LogP contribution in [0, 0.1) is 6.92 Å². The summed E-state index contributed by atoms with van der Waals surface area (Å²) >= 11 is 0. The van der Waals surface area contributed by atoms with Gasteiger partial charge >= 0.3 is 0 Å². The number of rotatable bonds is 7. The number of anilines is 1. The van der Waals surface area contributed by atoms with E-state index in [0.29, 0.717) is 13.0 Å². The Morgan fingerprint density at radius 3 is 2.66 bits per heavy atom. The molecule has 2 aromatic rings. The number of pyridine rings is 1. The second-order valence-electron chi connectivity index (χ2n) is 6.99. The lowest BCUT2D eigenvalue weighted by Crippen LogP contribution is -2.38. The van der Waals surface area contributed by atoms with E-state index in [9.17, 15) is 4.79 Å². The van der Waals surface area contributed by atoms with Gasteiger partial charge in [-0.3, -0.25) is 9.78 Å². The largest absolute Gasteiger partial charge is 0.357 e. The van der Waals surface area contributed by atoms with E-state index in [0.717, 1.165) is 49.7 Å². The fraction of sp³-hybridized carbons (Fsp3) is 0.409. The molecule has 1 amide bonds. The molecular formula is C22H30IN5O. The van der Waals surface area contributed by atoms with Crippen LogP contribution in [0.1, 0.15) is 36.5 Å². The van der Waals surface area contributed by atoms with Crippen molar-refractivity contribution in [2.45, 2.75) is 39.7 Å². The van der Waals surface area contributed by atoms with Crippen LogP contribution in [0.25, 0.3) is 0 Å². The molecule has 156 valence electrons. The zero-order valence-electron chi connectivity index (χ0n) is 17.1. The van der Waals surface area contributed by atoms with Crippen molar-refractivity contribution in [3.8, 4) is 0 Å². The monoisotopic (exact) mass is 507 g/mol. The first kappa shape index (κ1) is 23.1. The number of aromatic nitrogens is 1. The minimum Gasteiger partial charge on any atom is -0.357 e. The normalized spacial score (nSPS) is 13.9. The predicted molar refractivity (Wildman–Crippen MR) is 129 cm³/mol. The van der Waals surface area contributed by atoms with Crippen LogP contribution in [0.5, 0.6) is 0 Å². The number of halogens is 1. The minimum atomic E-state index is 0. The SMILES string of the molecule is CCNC(=NCc1ccc(N2CCCC2=O)cc1)NCCc1ccncc1C.I. The van der Waals surface area contributed by atoms with Gasteiger partial charge in [0, 0.05) is 44.1 Å². The summed E-state index contributed by atoms with van der Waals surface area (Å²) in [6, 6.07) is 10.2. The van der Waals surface area contributed by atoms with Gasteiger partial charge in [-0.15, -0.1) is 24.0 Å². The summed E-state index contributed by atoms with van der Waals surface area (Å²) in [5, 5.41) is 6.68. The van der Waals surface area contributed by atoms with Crippen LogP contribution in [0.3, 0.4) is 0 Å². The van der Waals surface area contributed by atoms with Crippen LogP contribution >= 0.6 is 24.0 Å². The topological polar surface area (TPSA) is 69.6 Å². The summed E-state index contributed by atoms with van der Waals surface area (Å²) in [7, 11) is 0. The smallest absolute Gasteiger partial charge is 0.227 e. The average molecular weight is 507 g/mol. The lowest BCUT2D eigenvalue weighted by Gasteiger charge is -2.16. The number of amides is 1. The third kappa shape index (κ3) is 6.69. The zero-order valence-corrected chi connectivity index (χ0v) is 19.5. The van der Waals surface area contributed by atoms with Crippen molar-refractivity contribution >= 4 is 41.5 Å². The van der Waals surface area contributed by atoms with Gasteiger partial charge in [-0.25, -0.2) is 4.99 Å². The molecule has 0 radical (unpaired) electrons. The molecule has 1 aliphatic heterocycles. The van der Waals surface area contributed by atoms with Gasteiger partial charge in [-0.2, -0.15) is 0 Å². The van der Waals surface area contributed by atoms with Crippen LogP contribution < -0.4 is 15.5 Å². The van der Waals surface area contributed by atoms with Gasteiger partial charge in [0.15, 0.2) is 5.96 Å². The van der Waals surface area contributed by atoms with E-state index >= 15 is 0 Å². The predicted octanol–water partition coefficient (Wildman–Crippen LogP) is 3.43. The highest BCUT2D eigenvalue weighted by molar-refractivity contribution is 14.0. The molecule has 0 spiro atoms. The van der Waals surface area contributed by atoms with E-state index in [2.05, 4.69) is 40.5 Å². The number of nitrogens with zero attached hydrogens (tertiary/aromatic N) is 3. The standard InChI is InChI=1S/C22H29N5O.HI/c1-3-24-22(25-13-11-19-10-12-23-15-17(19)2)26-16-18-6-8-20(9-7-18)27-14-4-5-21(27)28;/h6-10,12,15H,3-5,11,13-14,16H2,1-2H3,(H2,24,25,26);1H. The highest BCUT2D eigenvalue weighted by atomic mass is 127. The summed E-state index contributed by atoms with van der Waals surface area (Å²) < 4.78 is 0. The third-order valence-electron chi connectivity index (χ3n) is 4.91. The number of nitrogens with one attached hydrogen (secondary N) is 2. The molecule has 3 rings (SSSR count). The second kappa shape index (κ2) is 11.7. The van der Waals surface area contributed by atoms with Gasteiger partial charge < -0.3 is 15.5 Å². The van der Waals surface area contributed by atoms with E-state index in [1.54, 1.807) is 0 Å². The molecule has 1 fully saturated rings. The maximum Gasteiger partial charge on any atom is 0.227 e. The molecule has 0 atom stereocenters. The summed E-state index contributed by atoms with van der Waals surface area (Å²) in [4.78, 5) is 22.5. The number of aliphatic imine (C=N–C) groups is 1. The zero-order chi connectivity index (χ0) is 19.8. The molecule has 29 heavy (non-hydrogen) atoms. The van der Waals surface area contributed by atoms with Gasteiger partial charge in [0.25, 0.3) is 0 Å². The van der Waals surface area contributed by atoms with Crippen LogP contribution in [0.2, 0.25) is 0 Å². The number of hydrogen-bond acceptors (Lipinski definition) is 3. The van der Waals surface area contributed by atoms with Gasteiger partial charge in [0.2, 0.25) is 5.91 Å². The Balaban J connectivity index is 0.00000300. The molecule has 0 saturated carbocycles. The number of carbonyl (C=O) groups is 1. The van der Waals surface area contributed by atoms with Crippen LogP contribution in [0.15, 0.2) is 47.7 Å². The Labute approximate surface area is 190 Å². The van der Waals surface area contributed by atoms with Crippen molar-refractivity contribution in [1.82, 2.24) is 15.6 Å². The third-order valence-corrected chi connectivity index (χ3v) is 4.91. The Morgan fingerprint density at radius 2 is 2.00 bits per heavy atom. The Kier molecular flexibility index (Phi) is 9.37. The van der Waals surface area contributed by atoms with Gasteiger partial charge in [-0.05, 0) is 61.6 Å². The van der Waals surface area contributed by atoms with Crippen molar-refractivity contribution in [3.05, 3.63) is 59.4 Å². The summed E-state index contributed by atoms with van der Waals surface area (Å²) in [6.45, 7) is 7.19. The number of benzene rings is 1. The molecular weight excluding hydrogens is 477 g/mol. The van der Waals surface area contributed by atoms with Crippen LogP contribution in [-0.2, 0) is 17.8 Å². The lowest BCUT2D eigenvalue weighted by atomic mass is 10.1. The lowest BCUT2D eigenvalue weighted by molar-refractivity contribution is -0.117. The van der Waals surface area contributed by atoms with Gasteiger partial charge in [-0.1, -0.05) is 12.1 Å². The Bertz CT molecular complexity index is 822. The first-order valence-corrected chi connectivity index (χ1v) is 9.98. The minimum absolute atomic E-state index is 0. The maximum atomic E-state index is 11.9.